The summed E-state index contributed by atoms with van der Waals surface area (Å²) < 4.78 is 0. The molecule has 2 aromatic carbocycles. The van der Waals surface area contributed by atoms with Gasteiger partial charge in [0.15, 0.2) is 0 Å². The van der Waals surface area contributed by atoms with Gasteiger partial charge in [-0.2, -0.15) is 0 Å². The predicted octanol–water partition coefficient (Wildman–Crippen LogP) is 5.55. The van der Waals surface area contributed by atoms with Gasteiger partial charge in [-0.3, -0.25) is 4.90 Å². The van der Waals surface area contributed by atoms with Crippen LogP contribution in [-0.4, -0.2) is 27.5 Å². The lowest BCUT2D eigenvalue weighted by Gasteiger charge is -2.31. The molecular formula is C25H20N2O2S. The molecule has 2 aromatic heterocycles. The van der Waals surface area contributed by atoms with Crippen LogP contribution in [0.15, 0.2) is 72.1 Å². The van der Waals surface area contributed by atoms with Gasteiger partial charge in [0.1, 0.15) is 0 Å². The number of aromatic nitrogens is 1. The second kappa shape index (κ2) is 7.86. The second-order valence-electron chi connectivity index (χ2n) is 7.45. The number of benzene rings is 2. The third kappa shape index (κ3) is 3.54. The zero-order chi connectivity index (χ0) is 20.5. The number of carboxylic acids is 1. The van der Waals surface area contributed by atoms with Gasteiger partial charge in [0, 0.05) is 35.5 Å². The van der Waals surface area contributed by atoms with Crippen LogP contribution in [0.25, 0.3) is 22.6 Å². The van der Waals surface area contributed by atoms with E-state index in [1.165, 1.54) is 5.56 Å². The first-order valence-electron chi connectivity index (χ1n) is 9.84. The van der Waals surface area contributed by atoms with Gasteiger partial charge in [-0.1, -0.05) is 54.6 Å². The number of nitrogens with zero attached hydrogens (tertiary/aromatic N) is 2. The van der Waals surface area contributed by atoms with Gasteiger partial charge in [0.05, 0.1) is 16.8 Å². The highest BCUT2D eigenvalue weighted by molar-refractivity contribution is 7.10. The largest absolute Gasteiger partial charge is 0.478 e. The molecule has 0 bridgehead atoms. The smallest absolute Gasteiger partial charge is 0.336 e. The lowest BCUT2D eigenvalue weighted by Crippen LogP contribution is -2.31. The van der Waals surface area contributed by atoms with Crippen LogP contribution < -0.4 is 0 Å². The fraction of sp³-hybridized carbons (Fsp3) is 0.120. The lowest BCUT2D eigenvalue weighted by atomic mass is 9.92. The van der Waals surface area contributed by atoms with E-state index in [-0.39, 0.29) is 0 Å². The van der Waals surface area contributed by atoms with Crippen LogP contribution >= 0.6 is 11.3 Å². The van der Waals surface area contributed by atoms with E-state index in [0.717, 1.165) is 40.3 Å². The zero-order valence-electron chi connectivity index (χ0n) is 16.3. The Hall–Kier alpha value is -3.28. The van der Waals surface area contributed by atoms with E-state index < -0.39 is 5.97 Å². The minimum Gasteiger partial charge on any atom is -0.478 e. The number of thiophene rings is 1. The number of fused-ring (bicyclic) bond motifs is 2. The number of rotatable bonds is 4. The van der Waals surface area contributed by atoms with Gasteiger partial charge in [0.25, 0.3) is 0 Å². The molecule has 0 spiro atoms. The average molecular weight is 413 g/mol. The lowest BCUT2D eigenvalue weighted by molar-refractivity contribution is 0.0696. The van der Waals surface area contributed by atoms with E-state index in [0.29, 0.717) is 17.5 Å². The van der Waals surface area contributed by atoms with E-state index in [1.54, 1.807) is 11.3 Å². The summed E-state index contributed by atoms with van der Waals surface area (Å²) >= 11 is 1.67. The molecule has 4 aromatic rings. The molecule has 30 heavy (non-hydrogen) atoms. The molecule has 1 aliphatic rings. The Morgan fingerprint density at radius 2 is 1.83 bits per heavy atom. The van der Waals surface area contributed by atoms with Crippen molar-refractivity contribution in [3.05, 3.63) is 99.4 Å². The molecular weight excluding hydrogens is 392 g/mol. The van der Waals surface area contributed by atoms with Crippen molar-refractivity contribution in [2.75, 3.05) is 6.54 Å². The van der Waals surface area contributed by atoms with Gasteiger partial charge in [0.2, 0.25) is 0 Å². The standard InChI is InChI=1S/C25H20N2O2S/c28-25(29)23-20-10-4-5-11-22(20)26-24-18(13-19-9-6-12-30-19)15-27(16-21(23)24)14-17-7-2-1-3-8-17/h1-13H,14-16H2,(H,28,29). The molecule has 0 saturated heterocycles. The normalized spacial score (nSPS) is 15.4. The Labute approximate surface area is 178 Å². The van der Waals surface area contributed by atoms with E-state index in [2.05, 4.69) is 29.2 Å². The molecule has 1 aliphatic heterocycles. The molecule has 148 valence electrons. The van der Waals surface area contributed by atoms with Gasteiger partial charge in [-0.15, -0.1) is 11.3 Å². The summed E-state index contributed by atoms with van der Waals surface area (Å²) in [6, 6.07) is 21.9. The highest BCUT2D eigenvalue weighted by Crippen LogP contribution is 2.35. The van der Waals surface area contributed by atoms with Crippen LogP contribution in [0, 0.1) is 0 Å². The maximum absolute atomic E-state index is 12.3. The van der Waals surface area contributed by atoms with Crippen molar-refractivity contribution in [2.24, 2.45) is 0 Å². The van der Waals surface area contributed by atoms with Crippen LogP contribution in [0.1, 0.15) is 32.1 Å². The number of pyridine rings is 1. The number of carbonyl (C=O) groups is 1. The topological polar surface area (TPSA) is 53.4 Å². The Morgan fingerprint density at radius 3 is 2.60 bits per heavy atom. The van der Waals surface area contributed by atoms with Crippen molar-refractivity contribution in [3.8, 4) is 0 Å². The van der Waals surface area contributed by atoms with E-state index in [4.69, 9.17) is 4.98 Å². The molecule has 0 unspecified atom stereocenters. The number of carboxylic acid groups (broad SMARTS) is 1. The summed E-state index contributed by atoms with van der Waals surface area (Å²) in [5, 5.41) is 12.8. The number of hydrogen-bond donors (Lipinski definition) is 1. The molecule has 0 atom stereocenters. The van der Waals surface area contributed by atoms with Crippen LogP contribution in [0.3, 0.4) is 0 Å². The van der Waals surface area contributed by atoms with Gasteiger partial charge < -0.3 is 5.11 Å². The number of para-hydroxylation sites is 1. The zero-order valence-corrected chi connectivity index (χ0v) is 17.1. The van der Waals surface area contributed by atoms with Crippen LogP contribution in [0.4, 0.5) is 0 Å². The monoisotopic (exact) mass is 412 g/mol. The minimum absolute atomic E-state index is 0.366. The summed E-state index contributed by atoms with van der Waals surface area (Å²) in [5.74, 6) is -0.901. The summed E-state index contributed by atoms with van der Waals surface area (Å²) in [5.41, 5.74) is 4.97. The molecule has 5 rings (SSSR count). The number of hydrogen-bond acceptors (Lipinski definition) is 4. The molecule has 5 heteroatoms. The second-order valence-corrected chi connectivity index (χ2v) is 8.43. The molecule has 0 aliphatic carbocycles. The van der Waals surface area contributed by atoms with Crippen molar-refractivity contribution in [1.82, 2.24) is 9.88 Å². The molecule has 0 amide bonds. The fourth-order valence-corrected chi connectivity index (χ4v) is 4.80. The SMILES string of the molecule is O=C(O)c1c2c(nc3ccccc13)C(=Cc1cccs1)CN(Cc1ccccc1)C2. The third-order valence-corrected chi connectivity index (χ3v) is 6.21. The Morgan fingerprint density at radius 1 is 1.03 bits per heavy atom. The van der Waals surface area contributed by atoms with Crippen LogP contribution in [-0.2, 0) is 13.1 Å². The Bertz CT molecular complexity index is 1250. The average Bonchev–Trinajstić information content (AvgIpc) is 3.26. The maximum Gasteiger partial charge on any atom is 0.336 e. The molecule has 4 nitrogen and oxygen atoms in total. The van der Waals surface area contributed by atoms with Crippen molar-refractivity contribution in [1.29, 1.82) is 0 Å². The van der Waals surface area contributed by atoms with E-state index in [1.807, 2.05) is 53.9 Å². The highest BCUT2D eigenvalue weighted by Gasteiger charge is 2.28. The quantitative estimate of drug-likeness (QED) is 0.477. The predicted molar refractivity (Wildman–Crippen MR) is 121 cm³/mol. The van der Waals surface area contributed by atoms with Crippen LogP contribution in [0.5, 0.6) is 0 Å². The molecule has 1 N–H and O–H groups in total. The first-order valence-corrected chi connectivity index (χ1v) is 10.7. The highest BCUT2D eigenvalue weighted by atomic mass is 32.1. The summed E-state index contributed by atoms with van der Waals surface area (Å²) in [6.45, 7) is 2.05. The van der Waals surface area contributed by atoms with E-state index >= 15 is 0 Å². The Balaban J connectivity index is 1.68. The van der Waals surface area contributed by atoms with Crippen molar-refractivity contribution in [2.45, 2.75) is 13.1 Å². The van der Waals surface area contributed by atoms with Gasteiger partial charge in [-0.05, 0) is 34.7 Å². The van der Waals surface area contributed by atoms with Gasteiger partial charge >= 0.3 is 5.97 Å². The molecule has 0 radical (unpaired) electrons. The van der Waals surface area contributed by atoms with Crippen molar-refractivity contribution in [3.63, 3.8) is 0 Å². The molecule has 0 fully saturated rings. The number of aromatic carboxylic acids is 1. The fourth-order valence-electron chi connectivity index (χ4n) is 4.12. The summed E-state index contributed by atoms with van der Waals surface area (Å²) in [6.07, 6.45) is 2.15. The van der Waals surface area contributed by atoms with Gasteiger partial charge in [-0.25, -0.2) is 9.78 Å². The minimum atomic E-state index is -0.901. The third-order valence-electron chi connectivity index (χ3n) is 5.40. The summed E-state index contributed by atoms with van der Waals surface area (Å²) in [4.78, 5) is 20.7. The Kier molecular flexibility index (Phi) is 4.91. The van der Waals surface area contributed by atoms with Crippen molar-refractivity contribution < 1.29 is 9.90 Å². The molecule has 3 heterocycles. The van der Waals surface area contributed by atoms with Crippen LogP contribution in [0.2, 0.25) is 0 Å². The van der Waals surface area contributed by atoms with Crippen molar-refractivity contribution >= 4 is 39.9 Å². The van der Waals surface area contributed by atoms with E-state index in [9.17, 15) is 9.90 Å². The summed E-state index contributed by atoms with van der Waals surface area (Å²) in [7, 11) is 0. The molecule has 0 saturated carbocycles. The maximum atomic E-state index is 12.3. The first kappa shape index (κ1) is 18.7. The first-order chi connectivity index (χ1) is 14.7.